The van der Waals surface area contributed by atoms with Crippen molar-refractivity contribution in [1.82, 2.24) is 0 Å². The number of nitrogens with zero attached hydrogens (tertiary/aromatic N) is 4. The van der Waals surface area contributed by atoms with Crippen LogP contribution in [0.2, 0.25) is 0 Å². The van der Waals surface area contributed by atoms with Gasteiger partial charge in [0, 0.05) is 0 Å². The van der Waals surface area contributed by atoms with Crippen molar-refractivity contribution in [3.8, 4) is 0 Å². The number of hydrogen-bond acceptors (Lipinski definition) is 7. The fourth-order valence-corrected chi connectivity index (χ4v) is 6.47. The first-order chi connectivity index (χ1) is 20.7. The van der Waals surface area contributed by atoms with Crippen molar-refractivity contribution in [3.63, 3.8) is 0 Å². The molecule has 0 fully saturated rings. The van der Waals surface area contributed by atoms with Gasteiger partial charge in [-0.15, -0.1) is 0 Å². The Morgan fingerprint density at radius 3 is 0.400 bits per heavy atom. The lowest BCUT2D eigenvalue weighted by molar-refractivity contribution is -0.921. The van der Waals surface area contributed by atoms with Crippen LogP contribution in [-0.2, 0) is 13.4 Å². The van der Waals surface area contributed by atoms with Gasteiger partial charge in [0.05, 0.1) is 120 Å². The minimum Gasteiger partial charge on any atom is -0.790 e. The summed E-state index contributed by atoms with van der Waals surface area (Å²) >= 11 is 0. The summed E-state index contributed by atoms with van der Waals surface area (Å²) in [4.78, 5) is 37.3. The number of quaternary nitrogens is 4. The standard InChI is InChI=1S/4C8H20N.H4O7P2/c4*1-5-9(6-2,7-3)8-4;1-8(2,3)7-9(4,5)6/h4*5-8H2,1-4H3;(H2,1,2,3)(H2,4,5,6)/q4*+1;/p-4. The molecule has 0 aliphatic heterocycles. The van der Waals surface area contributed by atoms with E-state index in [0.29, 0.717) is 0 Å². The van der Waals surface area contributed by atoms with Crippen molar-refractivity contribution in [1.29, 1.82) is 0 Å². The average molecular weight is 695 g/mol. The summed E-state index contributed by atoms with van der Waals surface area (Å²) in [6.07, 6.45) is 0. The summed E-state index contributed by atoms with van der Waals surface area (Å²) in [5, 5.41) is 0. The zero-order valence-corrected chi connectivity index (χ0v) is 34.6. The lowest BCUT2D eigenvalue weighted by atomic mass is 10.3. The van der Waals surface area contributed by atoms with Crippen molar-refractivity contribution in [2.24, 2.45) is 0 Å². The minimum atomic E-state index is -5.68. The molecule has 0 spiro atoms. The summed E-state index contributed by atoms with van der Waals surface area (Å²) in [5.41, 5.74) is 0. The molecule has 0 heterocycles. The van der Waals surface area contributed by atoms with Crippen LogP contribution in [0, 0.1) is 0 Å². The number of rotatable bonds is 18. The molecule has 0 amide bonds. The Morgan fingerprint density at radius 2 is 0.400 bits per heavy atom. The van der Waals surface area contributed by atoms with E-state index in [0.717, 1.165) is 0 Å². The summed E-state index contributed by atoms with van der Waals surface area (Å²) in [5.74, 6) is 0. The molecule has 0 rings (SSSR count). The average Bonchev–Trinajstić information content (AvgIpc) is 3.02. The van der Waals surface area contributed by atoms with Gasteiger partial charge in [0.2, 0.25) is 0 Å². The van der Waals surface area contributed by atoms with Crippen molar-refractivity contribution in [3.05, 3.63) is 0 Å². The van der Waals surface area contributed by atoms with Crippen LogP contribution in [0.1, 0.15) is 111 Å². The molecule has 13 heteroatoms. The monoisotopic (exact) mass is 695 g/mol. The van der Waals surface area contributed by atoms with Gasteiger partial charge in [-0.3, -0.25) is 0 Å². The first kappa shape index (κ1) is 54.5. The lowest BCUT2D eigenvalue weighted by Gasteiger charge is -2.39. The molecule has 0 unspecified atom stereocenters. The molecular formula is C32H80N4O7P2. The topological polar surface area (TPSA) is 136 Å². The van der Waals surface area contributed by atoms with E-state index >= 15 is 0 Å². The summed E-state index contributed by atoms with van der Waals surface area (Å²) in [6.45, 7) is 56.9. The van der Waals surface area contributed by atoms with Crippen LogP contribution >= 0.6 is 15.6 Å². The molecule has 0 saturated carbocycles. The first-order valence-electron chi connectivity index (χ1n) is 17.8. The van der Waals surface area contributed by atoms with E-state index in [-0.39, 0.29) is 0 Å². The number of phosphoric acid groups is 2. The smallest absolute Gasteiger partial charge is 0.0757 e. The summed E-state index contributed by atoms with van der Waals surface area (Å²) in [6, 6.07) is 0. The normalized spacial score (nSPS) is 12.4. The third kappa shape index (κ3) is 26.7. The van der Waals surface area contributed by atoms with E-state index in [1.807, 2.05) is 0 Å². The van der Waals surface area contributed by atoms with E-state index in [9.17, 15) is 28.7 Å². The van der Waals surface area contributed by atoms with E-state index in [2.05, 4.69) is 115 Å². The van der Waals surface area contributed by atoms with Crippen LogP contribution in [0.5, 0.6) is 0 Å². The van der Waals surface area contributed by atoms with Gasteiger partial charge in [-0.1, -0.05) is 0 Å². The second-order valence-corrected chi connectivity index (χ2v) is 13.8. The lowest BCUT2D eigenvalue weighted by Crippen LogP contribution is -2.47. The van der Waals surface area contributed by atoms with Gasteiger partial charge < -0.3 is 50.9 Å². The van der Waals surface area contributed by atoms with E-state index in [1.165, 1.54) is 123 Å². The molecule has 11 nitrogen and oxygen atoms in total. The zero-order chi connectivity index (χ0) is 37.0. The van der Waals surface area contributed by atoms with Crippen molar-refractivity contribution >= 4 is 15.6 Å². The van der Waals surface area contributed by atoms with E-state index in [4.69, 9.17) is 0 Å². The van der Waals surface area contributed by atoms with Crippen molar-refractivity contribution < 1.29 is 50.9 Å². The van der Waals surface area contributed by atoms with Gasteiger partial charge in [-0.25, -0.2) is 0 Å². The van der Waals surface area contributed by atoms with Gasteiger partial charge in [0.15, 0.2) is 0 Å². The van der Waals surface area contributed by atoms with Gasteiger partial charge in [-0.2, -0.15) is 0 Å². The van der Waals surface area contributed by atoms with Crippen molar-refractivity contribution in [2.75, 3.05) is 105 Å². The van der Waals surface area contributed by atoms with Crippen LogP contribution in [0.4, 0.5) is 0 Å². The Kier molecular flexibility index (Phi) is 35.2. The van der Waals surface area contributed by atoms with Gasteiger partial charge in [0.25, 0.3) is 0 Å². The molecule has 0 radical (unpaired) electrons. The predicted molar refractivity (Wildman–Crippen MR) is 186 cm³/mol. The largest absolute Gasteiger partial charge is 0.790 e. The Balaban J connectivity index is -0.000000148. The van der Waals surface area contributed by atoms with Crippen LogP contribution < -0.4 is 19.6 Å². The molecule has 0 N–H and O–H groups in total. The molecule has 0 aromatic heterocycles. The zero-order valence-electron chi connectivity index (χ0n) is 32.9. The summed E-state index contributed by atoms with van der Waals surface area (Å²) in [7, 11) is -11.4. The maximum atomic E-state index is 9.32. The van der Waals surface area contributed by atoms with E-state index < -0.39 is 15.6 Å². The Hall–Kier alpha value is 0.100. The quantitative estimate of drug-likeness (QED) is 0.155. The molecule has 280 valence electrons. The molecule has 0 aromatic carbocycles. The van der Waals surface area contributed by atoms with E-state index in [1.54, 1.807) is 0 Å². The minimum absolute atomic E-state index is 1.28. The molecule has 45 heavy (non-hydrogen) atoms. The Bertz CT molecular complexity index is 563. The molecular weight excluding hydrogens is 614 g/mol. The first-order valence-corrected chi connectivity index (χ1v) is 20.8. The highest BCUT2D eigenvalue weighted by molar-refractivity contribution is 7.57. The van der Waals surface area contributed by atoms with Crippen LogP contribution in [0.3, 0.4) is 0 Å². The fraction of sp³-hybridized carbons (Fsp3) is 1.00. The maximum Gasteiger partial charge on any atom is 0.0757 e. The molecule has 0 saturated heterocycles. The molecule has 0 aromatic rings. The van der Waals surface area contributed by atoms with Crippen LogP contribution in [0.25, 0.3) is 0 Å². The van der Waals surface area contributed by atoms with Gasteiger partial charge in [-0.05, 0) is 111 Å². The summed E-state index contributed by atoms with van der Waals surface area (Å²) < 4.78 is 26.3. The molecule has 0 atom stereocenters. The highest BCUT2D eigenvalue weighted by atomic mass is 31.3. The predicted octanol–water partition coefficient (Wildman–Crippen LogP) is 4.19. The second kappa shape index (κ2) is 29.1. The Morgan fingerprint density at radius 1 is 0.311 bits per heavy atom. The molecule has 0 bridgehead atoms. The molecule has 0 aliphatic carbocycles. The van der Waals surface area contributed by atoms with Crippen LogP contribution in [0.15, 0.2) is 0 Å². The third-order valence-electron chi connectivity index (χ3n) is 10.9. The molecule has 0 aliphatic rings. The number of hydrogen-bond donors (Lipinski definition) is 0. The maximum absolute atomic E-state index is 9.32. The SMILES string of the molecule is CC[N+](CC)(CC)CC.CC[N+](CC)(CC)CC.CC[N+](CC)(CC)CC.CC[N+](CC)(CC)CC.O=P([O-])([O-])OP(=O)([O-])[O-]. The highest BCUT2D eigenvalue weighted by Gasteiger charge is 2.18. The third-order valence-corrected chi connectivity index (χ3v) is 12.5. The highest BCUT2D eigenvalue weighted by Crippen LogP contribution is 2.42. The van der Waals surface area contributed by atoms with Gasteiger partial charge in [0.1, 0.15) is 0 Å². The van der Waals surface area contributed by atoms with Gasteiger partial charge >= 0.3 is 0 Å². The second-order valence-electron chi connectivity index (χ2n) is 11.4. The Labute approximate surface area is 281 Å². The fourth-order valence-electron chi connectivity index (χ4n) is 5.49. The van der Waals surface area contributed by atoms with Crippen LogP contribution in [-0.4, -0.2) is 123 Å². The van der Waals surface area contributed by atoms with Crippen molar-refractivity contribution in [2.45, 2.75) is 111 Å².